The summed E-state index contributed by atoms with van der Waals surface area (Å²) in [6.45, 7) is 0. The summed E-state index contributed by atoms with van der Waals surface area (Å²) < 4.78 is 2.37. The van der Waals surface area contributed by atoms with Crippen molar-refractivity contribution in [2.75, 3.05) is 4.90 Å². The average molecular weight is 613 g/mol. The third-order valence-corrected chi connectivity index (χ3v) is 9.38. The van der Waals surface area contributed by atoms with Crippen molar-refractivity contribution < 1.29 is 0 Å². The molecule has 2 nitrogen and oxygen atoms in total. The number of nitrogens with zero attached hydrogens (tertiary/aromatic N) is 2. The molecular formula is C46H32N2. The van der Waals surface area contributed by atoms with Gasteiger partial charge in [-0.1, -0.05) is 140 Å². The van der Waals surface area contributed by atoms with Gasteiger partial charge in [0.1, 0.15) is 0 Å². The lowest BCUT2D eigenvalue weighted by atomic mass is 9.92. The van der Waals surface area contributed by atoms with E-state index in [1.54, 1.807) is 0 Å². The fourth-order valence-corrected chi connectivity index (χ4v) is 7.25. The molecule has 0 saturated heterocycles. The fraction of sp³-hybridized carbons (Fsp3) is 0. The van der Waals surface area contributed by atoms with E-state index < -0.39 is 0 Å². The van der Waals surface area contributed by atoms with Gasteiger partial charge in [-0.15, -0.1) is 0 Å². The highest BCUT2D eigenvalue weighted by atomic mass is 15.1. The minimum Gasteiger partial charge on any atom is -0.309 e. The standard InChI is InChI=1S/C46H32N2/c1-3-18-35(19-4-1)47(43-29-15-17-33-16-7-8-23-38(33)43)44-27-13-11-25-40(44)39-24-10-9-22-37(39)34-30-31-46-42(32-34)41-26-12-14-28-45(41)48(46)36-20-5-2-6-21-36/h1-32H. The van der Waals surface area contributed by atoms with Crippen molar-refractivity contribution >= 4 is 49.6 Å². The van der Waals surface area contributed by atoms with Crippen LogP contribution in [0.25, 0.3) is 60.5 Å². The predicted molar refractivity (Wildman–Crippen MR) is 204 cm³/mol. The normalized spacial score (nSPS) is 11.3. The summed E-state index contributed by atoms with van der Waals surface area (Å²) in [5, 5.41) is 4.93. The molecular weight excluding hydrogens is 581 g/mol. The summed E-state index contributed by atoms with van der Waals surface area (Å²) in [5.41, 5.74) is 11.8. The van der Waals surface area contributed by atoms with Crippen LogP contribution in [0.15, 0.2) is 194 Å². The van der Waals surface area contributed by atoms with Gasteiger partial charge < -0.3 is 9.47 Å². The van der Waals surface area contributed by atoms with Gasteiger partial charge in [0.2, 0.25) is 0 Å². The van der Waals surface area contributed by atoms with E-state index in [-0.39, 0.29) is 0 Å². The van der Waals surface area contributed by atoms with E-state index in [4.69, 9.17) is 0 Å². The Labute approximate surface area is 280 Å². The molecule has 0 bridgehead atoms. The van der Waals surface area contributed by atoms with Crippen LogP contribution in [0.1, 0.15) is 0 Å². The molecule has 0 radical (unpaired) electrons. The second-order valence-electron chi connectivity index (χ2n) is 12.2. The molecule has 2 heteroatoms. The molecule has 0 aliphatic rings. The SMILES string of the molecule is c1ccc(N(c2ccccc2-c2ccccc2-c2ccc3c(c2)c2ccccc2n3-c2ccccc2)c2cccc3ccccc23)cc1. The maximum absolute atomic E-state index is 2.41. The van der Waals surface area contributed by atoms with E-state index in [1.165, 1.54) is 60.5 Å². The number of hydrogen-bond donors (Lipinski definition) is 0. The highest BCUT2D eigenvalue weighted by molar-refractivity contribution is 6.11. The molecule has 0 fully saturated rings. The lowest BCUT2D eigenvalue weighted by Gasteiger charge is -2.29. The van der Waals surface area contributed by atoms with Gasteiger partial charge in [-0.3, -0.25) is 0 Å². The molecule has 0 N–H and O–H groups in total. The molecule has 0 spiro atoms. The molecule has 0 unspecified atom stereocenters. The zero-order valence-corrected chi connectivity index (χ0v) is 26.4. The van der Waals surface area contributed by atoms with E-state index in [0.717, 1.165) is 17.1 Å². The molecule has 1 heterocycles. The minimum atomic E-state index is 1.12. The van der Waals surface area contributed by atoms with Gasteiger partial charge in [0.05, 0.1) is 22.4 Å². The topological polar surface area (TPSA) is 8.17 Å². The smallest absolute Gasteiger partial charge is 0.0541 e. The van der Waals surface area contributed by atoms with E-state index >= 15 is 0 Å². The van der Waals surface area contributed by atoms with Crippen molar-refractivity contribution in [3.8, 4) is 27.9 Å². The fourth-order valence-electron chi connectivity index (χ4n) is 7.25. The first-order chi connectivity index (χ1) is 23.8. The number of benzene rings is 8. The van der Waals surface area contributed by atoms with Crippen LogP contribution in [-0.2, 0) is 0 Å². The highest BCUT2D eigenvalue weighted by Crippen LogP contribution is 2.46. The first-order valence-corrected chi connectivity index (χ1v) is 16.5. The number of rotatable bonds is 6. The third-order valence-electron chi connectivity index (χ3n) is 9.38. The zero-order chi connectivity index (χ0) is 31.9. The van der Waals surface area contributed by atoms with Crippen molar-refractivity contribution in [3.63, 3.8) is 0 Å². The number of fused-ring (bicyclic) bond motifs is 4. The molecule has 48 heavy (non-hydrogen) atoms. The Balaban J connectivity index is 1.26. The van der Waals surface area contributed by atoms with Gasteiger partial charge >= 0.3 is 0 Å². The Morgan fingerprint density at radius 3 is 1.77 bits per heavy atom. The molecule has 8 aromatic carbocycles. The highest BCUT2D eigenvalue weighted by Gasteiger charge is 2.21. The second kappa shape index (κ2) is 11.8. The van der Waals surface area contributed by atoms with Gasteiger partial charge in [-0.25, -0.2) is 0 Å². The number of aromatic nitrogens is 1. The van der Waals surface area contributed by atoms with E-state index in [2.05, 4.69) is 204 Å². The first kappa shape index (κ1) is 27.9. The van der Waals surface area contributed by atoms with Crippen molar-refractivity contribution in [1.29, 1.82) is 0 Å². The van der Waals surface area contributed by atoms with Gasteiger partial charge in [0, 0.05) is 33.1 Å². The molecule has 1 aromatic heterocycles. The van der Waals surface area contributed by atoms with Crippen LogP contribution in [0, 0.1) is 0 Å². The van der Waals surface area contributed by atoms with Gasteiger partial charge in [-0.2, -0.15) is 0 Å². The van der Waals surface area contributed by atoms with Gasteiger partial charge in [0.25, 0.3) is 0 Å². The van der Waals surface area contributed by atoms with E-state index in [1.807, 2.05) is 0 Å². The predicted octanol–water partition coefficient (Wildman–Crippen LogP) is 12.7. The van der Waals surface area contributed by atoms with Crippen LogP contribution in [0.4, 0.5) is 17.1 Å². The summed E-state index contributed by atoms with van der Waals surface area (Å²) in [6, 6.07) is 69.9. The van der Waals surface area contributed by atoms with Gasteiger partial charge in [-0.05, 0) is 76.7 Å². The number of para-hydroxylation sites is 4. The Kier molecular flexibility index (Phi) is 6.84. The molecule has 0 atom stereocenters. The monoisotopic (exact) mass is 612 g/mol. The molecule has 0 saturated carbocycles. The maximum Gasteiger partial charge on any atom is 0.0541 e. The summed E-state index contributed by atoms with van der Waals surface area (Å²) in [5.74, 6) is 0. The largest absolute Gasteiger partial charge is 0.309 e. The van der Waals surface area contributed by atoms with E-state index in [9.17, 15) is 0 Å². The third kappa shape index (κ3) is 4.66. The molecule has 226 valence electrons. The molecule has 9 rings (SSSR count). The Hall–Kier alpha value is -6.38. The lowest BCUT2D eigenvalue weighted by Crippen LogP contribution is -2.11. The van der Waals surface area contributed by atoms with E-state index in [0.29, 0.717) is 0 Å². The van der Waals surface area contributed by atoms with Crippen LogP contribution >= 0.6 is 0 Å². The summed E-state index contributed by atoms with van der Waals surface area (Å²) in [6.07, 6.45) is 0. The Morgan fingerprint density at radius 2 is 0.938 bits per heavy atom. The van der Waals surface area contributed by atoms with Crippen molar-refractivity contribution in [2.24, 2.45) is 0 Å². The first-order valence-electron chi connectivity index (χ1n) is 16.5. The van der Waals surface area contributed by atoms with Crippen molar-refractivity contribution in [2.45, 2.75) is 0 Å². The van der Waals surface area contributed by atoms with Crippen LogP contribution in [0.3, 0.4) is 0 Å². The van der Waals surface area contributed by atoms with Crippen LogP contribution in [-0.4, -0.2) is 4.57 Å². The van der Waals surface area contributed by atoms with Crippen LogP contribution in [0.2, 0.25) is 0 Å². The van der Waals surface area contributed by atoms with Crippen molar-refractivity contribution in [3.05, 3.63) is 194 Å². The Morgan fingerprint density at radius 1 is 0.354 bits per heavy atom. The van der Waals surface area contributed by atoms with Crippen LogP contribution < -0.4 is 4.90 Å². The average Bonchev–Trinajstić information content (AvgIpc) is 3.50. The molecule has 0 aliphatic heterocycles. The molecule has 0 amide bonds. The minimum absolute atomic E-state index is 1.12. The van der Waals surface area contributed by atoms with Gasteiger partial charge in [0.15, 0.2) is 0 Å². The molecule has 0 aliphatic carbocycles. The quantitative estimate of drug-likeness (QED) is 0.181. The summed E-state index contributed by atoms with van der Waals surface area (Å²) >= 11 is 0. The second-order valence-corrected chi connectivity index (χ2v) is 12.2. The lowest BCUT2D eigenvalue weighted by molar-refractivity contribution is 1.18. The maximum atomic E-state index is 2.41. The summed E-state index contributed by atoms with van der Waals surface area (Å²) in [7, 11) is 0. The number of hydrogen-bond acceptors (Lipinski definition) is 1. The van der Waals surface area contributed by atoms with Crippen molar-refractivity contribution in [1.82, 2.24) is 4.57 Å². The zero-order valence-electron chi connectivity index (χ0n) is 26.4. The Bertz CT molecular complexity index is 2560. The summed E-state index contributed by atoms with van der Waals surface area (Å²) in [4.78, 5) is 2.41. The van der Waals surface area contributed by atoms with Crippen LogP contribution in [0.5, 0.6) is 0 Å². The molecule has 9 aromatic rings. The number of anilines is 3.